The predicted molar refractivity (Wildman–Crippen MR) is 49.7 cm³/mol. The summed E-state index contributed by atoms with van der Waals surface area (Å²) in [6, 6.07) is 0. The van der Waals surface area contributed by atoms with E-state index in [1.165, 1.54) is 0 Å². The molecule has 4 heteroatoms. The summed E-state index contributed by atoms with van der Waals surface area (Å²) in [6.45, 7) is 5.62. The number of carbonyl (C=O) groups is 2. The molecule has 1 aliphatic carbocycles. The molecule has 0 bridgehead atoms. The monoisotopic (exact) mass is 200 g/mol. The molecule has 1 N–H and O–H groups in total. The highest BCUT2D eigenvalue weighted by atomic mass is 16.5. The second-order valence-electron chi connectivity index (χ2n) is 4.02. The molecule has 0 saturated heterocycles. The standard InChI is InChI=1S/C10H16O4/c1-4-9(3)6-10(9,7(11)12)8(13)14-5-2/h4-6H2,1-3H3,(H,11,12)/t9-,10+/m0/s1. The molecule has 1 saturated carbocycles. The Hall–Kier alpha value is -1.06. The van der Waals surface area contributed by atoms with Gasteiger partial charge in [0.25, 0.3) is 0 Å². The first-order valence-corrected chi connectivity index (χ1v) is 4.85. The molecule has 0 aromatic carbocycles. The fourth-order valence-electron chi connectivity index (χ4n) is 1.96. The van der Waals surface area contributed by atoms with Crippen molar-refractivity contribution < 1.29 is 19.4 Å². The number of hydrogen-bond donors (Lipinski definition) is 1. The number of ether oxygens (including phenoxy) is 1. The van der Waals surface area contributed by atoms with Crippen molar-refractivity contribution in [1.82, 2.24) is 0 Å². The summed E-state index contributed by atoms with van der Waals surface area (Å²) in [7, 11) is 0. The maximum absolute atomic E-state index is 11.5. The van der Waals surface area contributed by atoms with Gasteiger partial charge in [-0.1, -0.05) is 13.8 Å². The van der Waals surface area contributed by atoms with E-state index in [0.717, 1.165) is 0 Å². The van der Waals surface area contributed by atoms with Gasteiger partial charge in [0.2, 0.25) is 0 Å². The molecule has 0 unspecified atom stereocenters. The quantitative estimate of drug-likeness (QED) is 0.551. The Morgan fingerprint density at radius 3 is 2.29 bits per heavy atom. The molecule has 1 aliphatic rings. The van der Waals surface area contributed by atoms with Crippen LogP contribution in [0.5, 0.6) is 0 Å². The van der Waals surface area contributed by atoms with Crippen LogP contribution in [0.15, 0.2) is 0 Å². The van der Waals surface area contributed by atoms with Crippen LogP contribution in [-0.4, -0.2) is 23.7 Å². The van der Waals surface area contributed by atoms with Gasteiger partial charge in [-0.25, -0.2) is 0 Å². The van der Waals surface area contributed by atoms with Crippen LogP contribution in [0, 0.1) is 10.8 Å². The number of aliphatic carboxylic acids is 1. The Morgan fingerprint density at radius 2 is 2.00 bits per heavy atom. The third-order valence-corrected chi connectivity index (χ3v) is 3.33. The highest BCUT2D eigenvalue weighted by Crippen LogP contribution is 2.66. The molecule has 1 rings (SSSR count). The maximum atomic E-state index is 11.5. The molecule has 0 aliphatic heterocycles. The van der Waals surface area contributed by atoms with E-state index in [4.69, 9.17) is 9.84 Å². The Balaban J connectivity index is 2.89. The molecule has 80 valence electrons. The minimum absolute atomic E-state index is 0.230. The molecule has 0 amide bonds. The average molecular weight is 200 g/mol. The minimum atomic E-state index is -1.28. The summed E-state index contributed by atoms with van der Waals surface area (Å²) in [4.78, 5) is 22.6. The van der Waals surface area contributed by atoms with Crippen LogP contribution in [0.3, 0.4) is 0 Å². The van der Waals surface area contributed by atoms with E-state index in [1.807, 2.05) is 13.8 Å². The van der Waals surface area contributed by atoms with E-state index in [9.17, 15) is 9.59 Å². The highest BCUT2D eigenvalue weighted by Gasteiger charge is 2.74. The number of hydrogen-bond acceptors (Lipinski definition) is 3. The highest BCUT2D eigenvalue weighted by molar-refractivity contribution is 6.04. The minimum Gasteiger partial charge on any atom is -0.480 e. The topological polar surface area (TPSA) is 63.6 Å². The van der Waals surface area contributed by atoms with E-state index in [2.05, 4.69) is 0 Å². The molecule has 4 nitrogen and oxygen atoms in total. The van der Waals surface area contributed by atoms with Crippen LogP contribution in [-0.2, 0) is 14.3 Å². The number of carboxylic acid groups (broad SMARTS) is 1. The molecule has 0 heterocycles. The molecule has 0 aromatic heterocycles. The van der Waals surface area contributed by atoms with Crippen molar-refractivity contribution in [3.05, 3.63) is 0 Å². The molecule has 1 fully saturated rings. The first-order chi connectivity index (χ1) is 6.44. The van der Waals surface area contributed by atoms with Gasteiger partial charge in [-0.2, -0.15) is 0 Å². The lowest BCUT2D eigenvalue weighted by Gasteiger charge is -2.15. The van der Waals surface area contributed by atoms with Crippen molar-refractivity contribution in [1.29, 1.82) is 0 Å². The SMILES string of the molecule is CCOC(=O)[C@]1(C(=O)O)C[C@]1(C)CC. The van der Waals surface area contributed by atoms with Gasteiger partial charge in [0.05, 0.1) is 6.61 Å². The van der Waals surface area contributed by atoms with E-state index in [-0.39, 0.29) is 6.61 Å². The van der Waals surface area contributed by atoms with Gasteiger partial charge in [-0.05, 0) is 25.2 Å². The van der Waals surface area contributed by atoms with Gasteiger partial charge in [0.1, 0.15) is 0 Å². The zero-order valence-corrected chi connectivity index (χ0v) is 8.79. The van der Waals surface area contributed by atoms with E-state index in [0.29, 0.717) is 12.8 Å². The van der Waals surface area contributed by atoms with Crippen molar-refractivity contribution in [2.24, 2.45) is 10.8 Å². The van der Waals surface area contributed by atoms with Crippen LogP contribution in [0.2, 0.25) is 0 Å². The van der Waals surface area contributed by atoms with Crippen molar-refractivity contribution in [2.45, 2.75) is 33.6 Å². The lowest BCUT2D eigenvalue weighted by molar-refractivity contribution is -0.163. The second kappa shape index (κ2) is 3.26. The lowest BCUT2D eigenvalue weighted by atomic mass is 9.92. The number of esters is 1. The Morgan fingerprint density at radius 1 is 1.43 bits per heavy atom. The Kier molecular flexibility index (Phi) is 2.56. The summed E-state index contributed by atoms with van der Waals surface area (Å²) < 4.78 is 4.81. The predicted octanol–water partition coefficient (Wildman–Crippen LogP) is 1.44. The Labute approximate surface area is 83.2 Å². The molecular weight excluding hydrogens is 184 g/mol. The fraction of sp³-hybridized carbons (Fsp3) is 0.800. The van der Waals surface area contributed by atoms with E-state index < -0.39 is 22.8 Å². The van der Waals surface area contributed by atoms with Crippen LogP contribution < -0.4 is 0 Å². The van der Waals surface area contributed by atoms with Crippen molar-refractivity contribution >= 4 is 11.9 Å². The van der Waals surface area contributed by atoms with Gasteiger partial charge in [-0.3, -0.25) is 9.59 Å². The van der Waals surface area contributed by atoms with Crippen molar-refractivity contribution in [3.63, 3.8) is 0 Å². The average Bonchev–Trinajstić information content (AvgIpc) is 2.75. The summed E-state index contributed by atoms with van der Waals surface area (Å²) in [6.07, 6.45) is 1.07. The third-order valence-electron chi connectivity index (χ3n) is 3.33. The van der Waals surface area contributed by atoms with Crippen molar-refractivity contribution in [3.8, 4) is 0 Å². The van der Waals surface area contributed by atoms with Crippen LogP contribution in [0.25, 0.3) is 0 Å². The number of rotatable bonds is 4. The smallest absolute Gasteiger partial charge is 0.324 e. The van der Waals surface area contributed by atoms with Crippen molar-refractivity contribution in [2.75, 3.05) is 6.61 Å². The van der Waals surface area contributed by atoms with E-state index in [1.54, 1.807) is 6.92 Å². The lowest BCUT2D eigenvalue weighted by Crippen LogP contribution is -2.32. The van der Waals surface area contributed by atoms with Crippen LogP contribution in [0.1, 0.15) is 33.6 Å². The fourth-order valence-corrected chi connectivity index (χ4v) is 1.96. The molecule has 14 heavy (non-hydrogen) atoms. The molecule has 0 radical (unpaired) electrons. The third kappa shape index (κ3) is 1.21. The van der Waals surface area contributed by atoms with Gasteiger partial charge in [-0.15, -0.1) is 0 Å². The summed E-state index contributed by atoms with van der Waals surface area (Å²) in [5.74, 6) is -1.64. The molecule has 0 spiro atoms. The Bertz CT molecular complexity index is 273. The summed E-state index contributed by atoms with van der Waals surface area (Å²) >= 11 is 0. The molecular formula is C10H16O4. The van der Waals surface area contributed by atoms with Crippen LogP contribution in [0.4, 0.5) is 0 Å². The zero-order chi connectivity index (χ0) is 11.0. The van der Waals surface area contributed by atoms with Gasteiger partial charge in [0, 0.05) is 0 Å². The normalized spacial score (nSPS) is 35.1. The second-order valence-corrected chi connectivity index (χ2v) is 4.02. The van der Waals surface area contributed by atoms with Gasteiger partial charge >= 0.3 is 11.9 Å². The largest absolute Gasteiger partial charge is 0.480 e. The zero-order valence-electron chi connectivity index (χ0n) is 8.79. The summed E-state index contributed by atoms with van der Waals surface area (Å²) in [5, 5.41) is 9.07. The molecule has 2 atom stereocenters. The number of carboxylic acids is 1. The van der Waals surface area contributed by atoms with Crippen LogP contribution >= 0.6 is 0 Å². The first kappa shape index (κ1) is 11.0. The van der Waals surface area contributed by atoms with E-state index >= 15 is 0 Å². The van der Waals surface area contributed by atoms with Gasteiger partial charge < -0.3 is 9.84 Å². The molecule has 0 aromatic rings. The van der Waals surface area contributed by atoms with Gasteiger partial charge in [0.15, 0.2) is 5.41 Å². The first-order valence-electron chi connectivity index (χ1n) is 4.85. The summed E-state index contributed by atoms with van der Waals surface area (Å²) in [5.41, 5.74) is -1.71. The number of carbonyl (C=O) groups excluding carboxylic acids is 1. The maximum Gasteiger partial charge on any atom is 0.324 e.